The van der Waals surface area contributed by atoms with E-state index >= 15 is 0 Å². The molecule has 3 aromatic carbocycles. The van der Waals surface area contributed by atoms with Crippen molar-refractivity contribution in [1.82, 2.24) is 0 Å². The number of carbonyl (C=O) groups is 2. The normalized spacial score (nSPS) is 14.1. The molecular weight excluding hydrogens is 520 g/mol. The topological polar surface area (TPSA) is 77.1 Å². The second-order valence-corrected chi connectivity index (χ2v) is 9.88. The van der Waals surface area contributed by atoms with Crippen LogP contribution in [0.1, 0.15) is 25.0 Å². The number of anilines is 2. The van der Waals surface area contributed by atoms with Crippen LogP contribution >= 0.6 is 24.0 Å². The van der Waals surface area contributed by atoms with Crippen molar-refractivity contribution < 1.29 is 23.8 Å². The van der Waals surface area contributed by atoms with Gasteiger partial charge >= 0.3 is 0 Å². The zero-order chi connectivity index (χ0) is 27.1. The molecule has 0 unspecified atom stereocenters. The zero-order valence-corrected chi connectivity index (χ0v) is 23.0. The molecule has 1 fully saturated rings. The van der Waals surface area contributed by atoms with Crippen molar-refractivity contribution in [3.05, 3.63) is 82.8 Å². The molecule has 1 heterocycles. The number of aryl methyl sites for hydroxylation is 1. The molecule has 0 spiro atoms. The maximum absolute atomic E-state index is 13.1. The Bertz CT molecular complexity index is 1370. The number of para-hydroxylation sites is 1. The molecule has 1 saturated heterocycles. The molecule has 38 heavy (non-hydrogen) atoms. The molecule has 1 N–H and O–H groups in total. The lowest BCUT2D eigenvalue weighted by Crippen LogP contribution is -2.27. The summed E-state index contributed by atoms with van der Waals surface area (Å²) in [6.45, 7) is 4.15. The Hall–Kier alpha value is -3.82. The van der Waals surface area contributed by atoms with E-state index in [-0.39, 0.29) is 18.4 Å². The first-order chi connectivity index (χ1) is 18.4. The van der Waals surface area contributed by atoms with Crippen molar-refractivity contribution in [2.45, 2.75) is 20.3 Å². The lowest BCUT2D eigenvalue weighted by molar-refractivity contribution is -0.118. The Kier molecular flexibility index (Phi) is 9.04. The number of thioether (sulfide) groups is 1. The smallest absolute Gasteiger partial charge is 0.270 e. The summed E-state index contributed by atoms with van der Waals surface area (Å²) in [6.07, 6.45) is 2.58. The summed E-state index contributed by atoms with van der Waals surface area (Å²) >= 11 is 6.71. The van der Waals surface area contributed by atoms with Crippen molar-refractivity contribution >= 4 is 57.6 Å². The summed E-state index contributed by atoms with van der Waals surface area (Å²) in [5.41, 5.74) is 3.25. The van der Waals surface area contributed by atoms with Gasteiger partial charge < -0.3 is 19.5 Å². The van der Waals surface area contributed by atoms with Gasteiger partial charge in [-0.2, -0.15) is 0 Å². The Balaban J connectivity index is 1.47. The largest absolute Gasteiger partial charge is 0.497 e. The van der Waals surface area contributed by atoms with E-state index < -0.39 is 0 Å². The number of benzene rings is 3. The number of methoxy groups -OCH3 is 1. The van der Waals surface area contributed by atoms with Crippen LogP contribution in [0.15, 0.2) is 71.6 Å². The molecule has 0 saturated carbocycles. The van der Waals surface area contributed by atoms with E-state index in [2.05, 4.69) is 5.32 Å². The standard InChI is InChI=1S/C29H28N2O5S2/c1-4-20-8-6-7-9-23(20)30-27(32)18-36-24-15-10-19(16-25(24)35-5-2)17-26-28(33)31(29(37)38-26)21-11-13-22(34-3)14-12-21/h6-17H,4-5,18H2,1-3H3,(H,30,32)/b26-17-. The van der Waals surface area contributed by atoms with Crippen molar-refractivity contribution in [2.75, 3.05) is 30.5 Å². The van der Waals surface area contributed by atoms with E-state index in [1.807, 2.05) is 44.2 Å². The molecule has 196 valence electrons. The number of carbonyl (C=O) groups excluding carboxylic acids is 2. The van der Waals surface area contributed by atoms with E-state index in [0.29, 0.717) is 38.8 Å². The van der Waals surface area contributed by atoms with Gasteiger partial charge in [0.25, 0.3) is 11.8 Å². The van der Waals surface area contributed by atoms with Gasteiger partial charge in [0.05, 0.1) is 24.3 Å². The summed E-state index contributed by atoms with van der Waals surface area (Å²) in [5, 5.41) is 2.90. The first kappa shape index (κ1) is 27.2. The van der Waals surface area contributed by atoms with E-state index in [4.69, 9.17) is 26.4 Å². The molecule has 0 aliphatic carbocycles. The molecule has 0 radical (unpaired) electrons. The van der Waals surface area contributed by atoms with Gasteiger partial charge in [-0.3, -0.25) is 14.5 Å². The number of nitrogens with zero attached hydrogens (tertiary/aromatic N) is 1. The van der Waals surface area contributed by atoms with Crippen molar-refractivity contribution in [2.24, 2.45) is 0 Å². The quantitative estimate of drug-likeness (QED) is 0.243. The minimum absolute atomic E-state index is 0.169. The van der Waals surface area contributed by atoms with Crippen LogP contribution in [0.4, 0.5) is 11.4 Å². The highest BCUT2D eigenvalue weighted by atomic mass is 32.2. The van der Waals surface area contributed by atoms with Gasteiger partial charge in [-0.15, -0.1) is 0 Å². The molecule has 7 nitrogen and oxygen atoms in total. The molecule has 0 aromatic heterocycles. The van der Waals surface area contributed by atoms with Crippen LogP contribution in [0.5, 0.6) is 17.2 Å². The summed E-state index contributed by atoms with van der Waals surface area (Å²) in [4.78, 5) is 27.7. The number of rotatable bonds is 10. The maximum Gasteiger partial charge on any atom is 0.270 e. The molecule has 0 bridgehead atoms. The number of hydrogen-bond acceptors (Lipinski definition) is 7. The van der Waals surface area contributed by atoms with Gasteiger partial charge in [-0.1, -0.05) is 55.2 Å². The van der Waals surface area contributed by atoms with Crippen molar-refractivity contribution in [1.29, 1.82) is 0 Å². The van der Waals surface area contributed by atoms with Crippen LogP contribution in [0.25, 0.3) is 6.08 Å². The number of thiocarbonyl (C=S) groups is 1. The highest BCUT2D eigenvalue weighted by Gasteiger charge is 2.33. The number of hydrogen-bond donors (Lipinski definition) is 1. The van der Waals surface area contributed by atoms with Crippen LogP contribution in [0, 0.1) is 0 Å². The fourth-order valence-corrected chi connectivity index (χ4v) is 5.15. The Labute approximate surface area is 231 Å². The average Bonchev–Trinajstić information content (AvgIpc) is 3.20. The van der Waals surface area contributed by atoms with E-state index in [1.54, 1.807) is 49.6 Å². The second kappa shape index (κ2) is 12.6. The lowest BCUT2D eigenvalue weighted by atomic mass is 10.1. The zero-order valence-electron chi connectivity index (χ0n) is 21.4. The summed E-state index contributed by atoms with van der Waals surface area (Å²) in [5.74, 6) is 1.15. The minimum atomic E-state index is -0.264. The van der Waals surface area contributed by atoms with Gasteiger partial charge in [0, 0.05) is 5.69 Å². The molecule has 0 atom stereocenters. The van der Waals surface area contributed by atoms with E-state index in [1.165, 1.54) is 16.7 Å². The fourth-order valence-electron chi connectivity index (χ4n) is 3.86. The molecule has 4 rings (SSSR count). The third-order valence-corrected chi connectivity index (χ3v) is 7.02. The van der Waals surface area contributed by atoms with Crippen LogP contribution in [-0.2, 0) is 16.0 Å². The number of nitrogens with one attached hydrogen (secondary N) is 1. The lowest BCUT2D eigenvalue weighted by Gasteiger charge is -2.15. The molecule has 3 aromatic rings. The second-order valence-electron chi connectivity index (χ2n) is 8.20. The van der Waals surface area contributed by atoms with E-state index in [0.717, 1.165) is 23.2 Å². The van der Waals surface area contributed by atoms with Crippen LogP contribution in [0.3, 0.4) is 0 Å². The molecule has 1 aliphatic rings. The predicted octanol–water partition coefficient (Wildman–Crippen LogP) is 6.08. The Morgan fingerprint density at radius 3 is 2.50 bits per heavy atom. The SMILES string of the molecule is CCOc1cc(/C=C2\SC(=S)N(c3ccc(OC)cc3)C2=O)ccc1OCC(=O)Nc1ccccc1CC. The third-order valence-electron chi connectivity index (χ3n) is 5.72. The van der Waals surface area contributed by atoms with Gasteiger partial charge in [-0.05, 0) is 73.0 Å². The monoisotopic (exact) mass is 548 g/mol. The van der Waals surface area contributed by atoms with Gasteiger partial charge in [0.15, 0.2) is 22.4 Å². The first-order valence-corrected chi connectivity index (χ1v) is 13.3. The summed E-state index contributed by atoms with van der Waals surface area (Å²) < 4.78 is 17.2. The third kappa shape index (κ3) is 6.35. The average molecular weight is 549 g/mol. The number of amides is 2. The van der Waals surface area contributed by atoms with Crippen LogP contribution in [0.2, 0.25) is 0 Å². The molecule has 1 aliphatic heterocycles. The fraction of sp³-hybridized carbons (Fsp3) is 0.207. The van der Waals surface area contributed by atoms with Crippen molar-refractivity contribution in [3.8, 4) is 17.2 Å². The molecule has 9 heteroatoms. The first-order valence-electron chi connectivity index (χ1n) is 12.1. The summed E-state index contributed by atoms with van der Waals surface area (Å²) in [7, 11) is 1.59. The molecule has 2 amide bonds. The van der Waals surface area contributed by atoms with Crippen LogP contribution in [-0.4, -0.2) is 36.5 Å². The van der Waals surface area contributed by atoms with Gasteiger partial charge in [0.1, 0.15) is 5.75 Å². The summed E-state index contributed by atoms with van der Waals surface area (Å²) in [6, 6.07) is 20.2. The minimum Gasteiger partial charge on any atom is -0.497 e. The van der Waals surface area contributed by atoms with Crippen molar-refractivity contribution in [3.63, 3.8) is 0 Å². The number of ether oxygens (including phenoxy) is 3. The van der Waals surface area contributed by atoms with Gasteiger partial charge in [0.2, 0.25) is 0 Å². The molecular formula is C29H28N2O5S2. The Morgan fingerprint density at radius 1 is 1.03 bits per heavy atom. The van der Waals surface area contributed by atoms with E-state index in [9.17, 15) is 9.59 Å². The van der Waals surface area contributed by atoms with Crippen LogP contribution < -0.4 is 24.4 Å². The highest BCUT2D eigenvalue weighted by Crippen LogP contribution is 2.37. The Morgan fingerprint density at radius 2 is 1.79 bits per heavy atom. The maximum atomic E-state index is 13.1. The van der Waals surface area contributed by atoms with Gasteiger partial charge in [-0.25, -0.2) is 0 Å². The predicted molar refractivity (Wildman–Crippen MR) is 156 cm³/mol. The highest BCUT2D eigenvalue weighted by molar-refractivity contribution is 8.27.